The number of carbonyl (C=O) groups is 1. The zero-order valence-corrected chi connectivity index (χ0v) is 11.9. The predicted octanol–water partition coefficient (Wildman–Crippen LogP) is 2.07. The number of hydrogen-bond acceptors (Lipinski definition) is 4. The van der Waals surface area contributed by atoms with Gasteiger partial charge < -0.3 is 19.6 Å². The van der Waals surface area contributed by atoms with Crippen molar-refractivity contribution in [1.29, 1.82) is 0 Å². The van der Waals surface area contributed by atoms with Gasteiger partial charge in [-0.2, -0.15) is 0 Å². The van der Waals surface area contributed by atoms with Crippen molar-refractivity contribution in [2.24, 2.45) is 0 Å². The van der Waals surface area contributed by atoms with Crippen LogP contribution in [0.15, 0.2) is 47.1 Å². The average Bonchev–Trinajstić information content (AvgIpc) is 3.05. The Labute approximate surface area is 123 Å². The van der Waals surface area contributed by atoms with Crippen LogP contribution in [0.3, 0.4) is 0 Å². The second kappa shape index (κ2) is 7.50. The second-order valence-corrected chi connectivity index (χ2v) is 4.63. The molecule has 2 aromatic rings. The lowest BCUT2D eigenvalue weighted by molar-refractivity contribution is -0.122. The first-order chi connectivity index (χ1) is 10.2. The molecule has 1 aromatic carbocycles. The van der Waals surface area contributed by atoms with E-state index in [9.17, 15) is 9.90 Å². The summed E-state index contributed by atoms with van der Waals surface area (Å²) in [4.78, 5) is 12.0. The molecule has 1 amide bonds. The molecule has 2 rings (SSSR count). The van der Waals surface area contributed by atoms with Crippen LogP contribution in [-0.4, -0.2) is 24.7 Å². The van der Waals surface area contributed by atoms with Crippen molar-refractivity contribution >= 4 is 5.91 Å². The summed E-state index contributed by atoms with van der Waals surface area (Å²) in [6.07, 6.45) is 2.41. The van der Waals surface area contributed by atoms with Gasteiger partial charge in [0.1, 0.15) is 17.6 Å². The number of amides is 1. The largest absolute Gasteiger partial charge is 0.496 e. The third-order valence-corrected chi connectivity index (χ3v) is 3.22. The molecule has 2 N–H and O–H groups in total. The van der Waals surface area contributed by atoms with Gasteiger partial charge in [-0.1, -0.05) is 18.2 Å². The summed E-state index contributed by atoms with van der Waals surface area (Å²) in [6, 6.07) is 10.5. The lowest BCUT2D eigenvalue weighted by atomic mass is 10.1. The van der Waals surface area contributed by atoms with Crippen LogP contribution in [0.25, 0.3) is 0 Å². The summed E-state index contributed by atoms with van der Waals surface area (Å²) in [5.74, 6) is 1.18. The number of aliphatic hydroxyl groups is 1. The average molecular weight is 289 g/mol. The van der Waals surface area contributed by atoms with E-state index in [4.69, 9.17) is 9.15 Å². The van der Waals surface area contributed by atoms with Gasteiger partial charge in [-0.15, -0.1) is 0 Å². The van der Waals surface area contributed by atoms with E-state index in [1.54, 1.807) is 19.2 Å². The number of methoxy groups -OCH3 is 1. The number of aliphatic hydroxyl groups excluding tert-OH is 1. The lowest BCUT2D eigenvalue weighted by Gasteiger charge is -2.14. The predicted molar refractivity (Wildman–Crippen MR) is 78.0 cm³/mol. The van der Waals surface area contributed by atoms with E-state index >= 15 is 0 Å². The summed E-state index contributed by atoms with van der Waals surface area (Å²) in [6.45, 7) is -0.200. The van der Waals surface area contributed by atoms with Crippen LogP contribution in [0.4, 0.5) is 0 Å². The maximum Gasteiger partial charge on any atom is 0.220 e. The number of hydrogen-bond donors (Lipinski definition) is 2. The molecule has 1 heterocycles. The molecule has 21 heavy (non-hydrogen) atoms. The Morgan fingerprint density at radius 3 is 2.81 bits per heavy atom. The maximum atomic E-state index is 12.0. The van der Waals surface area contributed by atoms with Crippen molar-refractivity contribution in [2.45, 2.75) is 18.9 Å². The number of aryl methyl sites for hydroxylation is 1. The zero-order chi connectivity index (χ0) is 15.1. The van der Waals surface area contributed by atoms with Crippen LogP contribution in [0.2, 0.25) is 0 Å². The van der Waals surface area contributed by atoms with Crippen molar-refractivity contribution in [2.75, 3.05) is 13.7 Å². The van der Waals surface area contributed by atoms with Gasteiger partial charge >= 0.3 is 0 Å². The van der Waals surface area contributed by atoms with Gasteiger partial charge in [0.05, 0.1) is 20.0 Å². The SMILES string of the molecule is COc1ccccc1CCC(=O)NC(CO)c1ccco1. The third-order valence-electron chi connectivity index (χ3n) is 3.22. The second-order valence-electron chi connectivity index (χ2n) is 4.63. The van der Waals surface area contributed by atoms with E-state index in [1.807, 2.05) is 24.3 Å². The summed E-state index contributed by atoms with van der Waals surface area (Å²) < 4.78 is 10.4. The fraction of sp³-hybridized carbons (Fsp3) is 0.312. The van der Waals surface area contributed by atoms with Gasteiger partial charge in [-0.25, -0.2) is 0 Å². The van der Waals surface area contributed by atoms with E-state index in [1.165, 1.54) is 6.26 Å². The molecule has 0 fully saturated rings. The number of para-hydroxylation sites is 1. The quantitative estimate of drug-likeness (QED) is 0.818. The zero-order valence-electron chi connectivity index (χ0n) is 11.9. The van der Waals surface area contributed by atoms with Crippen molar-refractivity contribution in [1.82, 2.24) is 5.32 Å². The molecular formula is C16H19NO4. The Hall–Kier alpha value is -2.27. The first-order valence-electron chi connectivity index (χ1n) is 6.80. The van der Waals surface area contributed by atoms with Crippen LogP contribution in [0, 0.1) is 0 Å². The molecule has 0 aliphatic heterocycles. The van der Waals surface area contributed by atoms with Gasteiger partial charge in [0, 0.05) is 6.42 Å². The molecule has 0 aliphatic rings. The van der Waals surface area contributed by atoms with Crippen molar-refractivity contribution in [3.05, 3.63) is 54.0 Å². The molecule has 0 bridgehead atoms. The highest BCUT2D eigenvalue weighted by Crippen LogP contribution is 2.19. The molecule has 1 unspecified atom stereocenters. The number of ether oxygens (including phenoxy) is 1. The van der Waals surface area contributed by atoms with Gasteiger partial charge in [-0.3, -0.25) is 4.79 Å². The first-order valence-corrected chi connectivity index (χ1v) is 6.80. The van der Waals surface area contributed by atoms with Gasteiger partial charge in [0.2, 0.25) is 5.91 Å². The molecular weight excluding hydrogens is 270 g/mol. The molecule has 0 aliphatic carbocycles. The number of benzene rings is 1. The molecule has 1 atom stereocenters. The van der Waals surface area contributed by atoms with E-state index in [0.717, 1.165) is 11.3 Å². The smallest absolute Gasteiger partial charge is 0.220 e. The van der Waals surface area contributed by atoms with Crippen molar-refractivity contribution in [3.8, 4) is 5.75 Å². The Bertz CT molecular complexity index is 565. The molecule has 5 heteroatoms. The van der Waals surface area contributed by atoms with E-state index in [2.05, 4.69) is 5.32 Å². The first kappa shape index (κ1) is 15.1. The fourth-order valence-electron chi connectivity index (χ4n) is 2.12. The van der Waals surface area contributed by atoms with E-state index in [-0.39, 0.29) is 12.5 Å². The van der Waals surface area contributed by atoms with Crippen LogP contribution in [0.5, 0.6) is 5.75 Å². The van der Waals surface area contributed by atoms with Crippen molar-refractivity contribution in [3.63, 3.8) is 0 Å². The van der Waals surface area contributed by atoms with Gasteiger partial charge in [-0.05, 0) is 30.2 Å². The Kier molecular flexibility index (Phi) is 5.40. The Morgan fingerprint density at radius 1 is 1.33 bits per heavy atom. The topological polar surface area (TPSA) is 71.7 Å². The molecule has 0 saturated carbocycles. The molecule has 0 spiro atoms. The normalized spacial score (nSPS) is 11.9. The summed E-state index contributed by atoms with van der Waals surface area (Å²) >= 11 is 0. The highest BCUT2D eigenvalue weighted by atomic mass is 16.5. The molecule has 112 valence electrons. The summed E-state index contributed by atoms with van der Waals surface area (Å²) in [7, 11) is 1.61. The van der Waals surface area contributed by atoms with Crippen LogP contribution in [0.1, 0.15) is 23.8 Å². The van der Waals surface area contributed by atoms with Crippen LogP contribution < -0.4 is 10.1 Å². The fourth-order valence-corrected chi connectivity index (χ4v) is 2.12. The highest BCUT2D eigenvalue weighted by Gasteiger charge is 2.16. The van der Waals surface area contributed by atoms with E-state index in [0.29, 0.717) is 18.6 Å². The van der Waals surface area contributed by atoms with Crippen LogP contribution >= 0.6 is 0 Å². The number of carbonyl (C=O) groups excluding carboxylic acids is 1. The lowest BCUT2D eigenvalue weighted by Crippen LogP contribution is -2.30. The van der Waals surface area contributed by atoms with Crippen LogP contribution in [-0.2, 0) is 11.2 Å². The monoisotopic (exact) mass is 289 g/mol. The maximum absolute atomic E-state index is 12.0. The number of furan rings is 1. The van der Waals surface area contributed by atoms with Crippen molar-refractivity contribution < 1.29 is 19.1 Å². The minimum Gasteiger partial charge on any atom is -0.496 e. The number of nitrogens with one attached hydrogen (secondary N) is 1. The van der Waals surface area contributed by atoms with Gasteiger partial charge in [0.15, 0.2) is 0 Å². The summed E-state index contributed by atoms with van der Waals surface area (Å²) in [5, 5.41) is 12.1. The molecule has 0 radical (unpaired) electrons. The Morgan fingerprint density at radius 2 is 2.14 bits per heavy atom. The standard InChI is InChI=1S/C16H19NO4/c1-20-14-6-3-2-5-12(14)8-9-16(19)17-13(11-18)15-7-4-10-21-15/h2-7,10,13,18H,8-9,11H2,1H3,(H,17,19). The van der Waals surface area contributed by atoms with Gasteiger partial charge in [0.25, 0.3) is 0 Å². The minimum absolute atomic E-state index is 0.142. The molecule has 5 nitrogen and oxygen atoms in total. The highest BCUT2D eigenvalue weighted by molar-refractivity contribution is 5.76. The minimum atomic E-state index is -0.509. The van der Waals surface area contributed by atoms with E-state index < -0.39 is 6.04 Å². The molecule has 1 aromatic heterocycles. The summed E-state index contributed by atoms with van der Waals surface area (Å²) in [5.41, 5.74) is 0.980. The molecule has 0 saturated heterocycles. The number of rotatable bonds is 7. The Balaban J connectivity index is 1.90. The third kappa shape index (κ3) is 4.10.